The first-order valence-corrected chi connectivity index (χ1v) is 5.27. The standard InChI is InChI=1S/C11H15N2OP/c1-2-8-13(15)9-11(12-14)10-6-4-3-5-7-10/h2-7,11H,1,8-9,15H2. The Balaban J connectivity index is 2.64. The summed E-state index contributed by atoms with van der Waals surface area (Å²) in [5.74, 6) is 0. The van der Waals surface area contributed by atoms with Gasteiger partial charge in [0.25, 0.3) is 0 Å². The molecule has 0 saturated heterocycles. The summed E-state index contributed by atoms with van der Waals surface area (Å²) in [6.07, 6.45) is 1.79. The molecule has 0 bridgehead atoms. The minimum Gasteiger partial charge on any atom is -0.281 e. The zero-order valence-electron chi connectivity index (χ0n) is 8.54. The Labute approximate surface area is 92.4 Å². The molecule has 0 fully saturated rings. The molecule has 0 N–H and O–H groups in total. The fourth-order valence-corrected chi connectivity index (χ4v) is 1.69. The van der Waals surface area contributed by atoms with Crippen LogP contribution in [-0.2, 0) is 0 Å². The van der Waals surface area contributed by atoms with Crippen molar-refractivity contribution in [1.29, 1.82) is 0 Å². The van der Waals surface area contributed by atoms with Crippen LogP contribution in [0.1, 0.15) is 11.6 Å². The highest BCUT2D eigenvalue weighted by atomic mass is 31.0. The first-order chi connectivity index (χ1) is 7.27. The third-order valence-electron chi connectivity index (χ3n) is 2.08. The van der Waals surface area contributed by atoms with Crippen molar-refractivity contribution < 1.29 is 0 Å². The second-order valence-corrected chi connectivity index (χ2v) is 4.00. The van der Waals surface area contributed by atoms with Crippen LogP contribution in [0.15, 0.2) is 48.2 Å². The van der Waals surface area contributed by atoms with Crippen molar-refractivity contribution in [3.05, 3.63) is 53.5 Å². The quantitative estimate of drug-likeness (QED) is 0.421. The van der Waals surface area contributed by atoms with Crippen LogP contribution in [-0.4, -0.2) is 17.8 Å². The van der Waals surface area contributed by atoms with Gasteiger partial charge in [-0.2, -0.15) is 4.91 Å². The maximum atomic E-state index is 10.7. The van der Waals surface area contributed by atoms with E-state index >= 15 is 0 Å². The second kappa shape index (κ2) is 6.44. The molecule has 1 aromatic rings. The Bertz CT molecular complexity index is 316. The first-order valence-electron chi connectivity index (χ1n) is 4.76. The summed E-state index contributed by atoms with van der Waals surface area (Å²) in [6.45, 7) is 4.96. The average Bonchev–Trinajstić information content (AvgIpc) is 2.27. The minimum atomic E-state index is -0.316. The number of benzene rings is 1. The van der Waals surface area contributed by atoms with E-state index in [-0.39, 0.29) is 6.04 Å². The lowest BCUT2D eigenvalue weighted by Gasteiger charge is -2.17. The SMILES string of the molecule is C=CCN(P)CC(N=O)c1ccccc1. The number of hydrogen-bond acceptors (Lipinski definition) is 3. The van der Waals surface area contributed by atoms with Crippen molar-refractivity contribution in [3.8, 4) is 0 Å². The molecule has 0 spiro atoms. The summed E-state index contributed by atoms with van der Waals surface area (Å²) in [5, 5.41) is 3.14. The summed E-state index contributed by atoms with van der Waals surface area (Å²) in [6, 6.07) is 9.26. The molecule has 0 aromatic heterocycles. The van der Waals surface area contributed by atoms with Gasteiger partial charge in [0.15, 0.2) is 0 Å². The Kier molecular flexibility index (Phi) is 5.16. The van der Waals surface area contributed by atoms with Gasteiger partial charge in [-0.3, -0.25) is 4.67 Å². The van der Waals surface area contributed by atoms with E-state index in [4.69, 9.17) is 0 Å². The predicted molar refractivity (Wildman–Crippen MR) is 66.5 cm³/mol. The molecule has 0 heterocycles. The van der Waals surface area contributed by atoms with Crippen LogP contribution in [0, 0.1) is 4.91 Å². The summed E-state index contributed by atoms with van der Waals surface area (Å²) >= 11 is 0. The molecular weight excluding hydrogens is 207 g/mol. The van der Waals surface area contributed by atoms with Gasteiger partial charge >= 0.3 is 0 Å². The highest BCUT2D eigenvalue weighted by molar-refractivity contribution is 7.13. The van der Waals surface area contributed by atoms with Crippen molar-refractivity contribution in [2.45, 2.75) is 6.04 Å². The van der Waals surface area contributed by atoms with Crippen molar-refractivity contribution in [2.24, 2.45) is 5.18 Å². The molecule has 4 heteroatoms. The van der Waals surface area contributed by atoms with Crippen molar-refractivity contribution in [2.75, 3.05) is 13.1 Å². The van der Waals surface area contributed by atoms with E-state index in [9.17, 15) is 4.91 Å². The molecule has 2 atom stereocenters. The van der Waals surface area contributed by atoms with Crippen LogP contribution < -0.4 is 0 Å². The molecule has 0 radical (unpaired) electrons. The molecule has 80 valence electrons. The van der Waals surface area contributed by atoms with Crippen molar-refractivity contribution >= 4 is 9.39 Å². The maximum Gasteiger partial charge on any atom is 0.130 e. The van der Waals surface area contributed by atoms with E-state index in [0.717, 1.165) is 12.1 Å². The molecule has 0 aliphatic rings. The second-order valence-electron chi connectivity index (χ2n) is 3.27. The highest BCUT2D eigenvalue weighted by Gasteiger charge is 2.13. The molecule has 1 aromatic carbocycles. The van der Waals surface area contributed by atoms with Crippen LogP contribution >= 0.6 is 9.39 Å². The number of hydrogen-bond donors (Lipinski definition) is 0. The molecular formula is C11H15N2OP. The van der Waals surface area contributed by atoms with Gasteiger partial charge < -0.3 is 0 Å². The summed E-state index contributed by atoms with van der Waals surface area (Å²) in [7, 11) is 2.57. The fraction of sp³-hybridized carbons (Fsp3) is 0.273. The van der Waals surface area contributed by atoms with Crippen molar-refractivity contribution in [3.63, 3.8) is 0 Å². The number of rotatable bonds is 6. The zero-order valence-corrected chi connectivity index (χ0v) is 9.70. The summed E-state index contributed by atoms with van der Waals surface area (Å²) in [5.41, 5.74) is 0.948. The molecule has 0 aliphatic carbocycles. The van der Waals surface area contributed by atoms with Gasteiger partial charge in [0.1, 0.15) is 6.04 Å². The average molecular weight is 222 g/mol. The lowest BCUT2D eigenvalue weighted by Crippen LogP contribution is -2.18. The minimum absolute atomic E-state index is 0.316. The van der Waals surface area contributed by atoms with E-state index in [1.54, 1.807) is 6.08 Å². The van der Waals surface area contributed by atoms with E-state index in [1.165, 1.54) is 0 Å². The smallest absolute Gasteiger partial charge is 0.130 e. The van der Waals surface area contributed by atoms with E-state index in [0.29, 0.717) is 6.54 Å². The zero-order chi connectivity index (χ0) is 11.1. The van der Waals surface area contributed by atoms with Crippen LogP contribution in [0.2, 0.25) is 0 Å². The lowest BCUT2D eigenvalue weighted by molar-refractivity contribution is 0.468. The molecule has 15 heavy (non-hydrogen) atoms. The fourth-order valence-electron chi connectivity index (χ4n) is 1.34. The van der Waals surface area contributed by atoms with Crippen molar-refractivity contribution in [1.82, 2.24) is 4.67 Å². The Hall–Kier alpha value is -1.05. The monoisotopic (exact) mass is 222 g/mol. The van der Waals surface area contributed by atoms with Gasteiger partial charge in [-0.05, 0) is 5.56 Å². The lowest BCUT2D eigenvalue weighted by atomic mass is 10.1. The van der Waals surface area contributed by atoms with Gasteiger partial charge in [0, 0.05) is 13.1 Å². The number of nitroso groups, excluding NO2 is 1. The van der Waals surface area contributed by atoms with E-state index in [1.807, 2.05) is 35.0 Å². The van der Waals surface area contributed by atoms with Crippen LogP contribution in [0.4, 0.5) is 0 Å². The van der Waals surface area contributed by atoms with Crippen LogP contribution in [0.25, 0.3) is 0 Å². The Morgan fingerprint density at radius 1 is 1.47 bits per heavy atom. The largest absolute Gasteiger partial charge is 0.281 e. The van der Waals surface area contributed by atoms with Gasteiger partial charge in [-0.15, -0.1) is 6.58 Å². The molecule has 0 saturated carbocycles. The maximum absolute atomic E-state index is 10.7. The predicted octanol–water partition coefficient (Wildman–Crippen LogP) is 2.77. The Morgan fingerprint density at radius 2 is 2.13 bits per heavy atom. The molecule has 2 unspecified atom stereocenters. The van der Waals surface area contributed by atoms with Gasteiger partial charge in [0.05, 0.1) is 0 Å². The van der Waals surface area contributed by atoms with Gasteiger partial charge in [-0.25, -0.2) is 0 Å². The first kappa shape index (κ1) is 12.0. The highest BCUT2D eigenvalue weighted by Crippen LogP contribution is 2.19. The van der Waals surface area contributed by atoms with E-state index in [2.05, 4.69) is 21.1 Å². The van der Waals surface area contributed by atoms with E-state index < -0.39 is 0 Å². The molecule has 0 amide bonds. The molecule has 3 nitrogen and oxygen atoms in total. The third kappa shape index (κ3) is 3.90. The summed E-state index contributed by atoms with van der Waals surface area (Å²) in [4.78, 5) is 10.7. The number of nitrogens with zero attached hydrogens (tertiary/aromatic N) is 2. The topological polar surface area (TPSA) is 32.7 Å². The third-order valence-corrected chi connectivity index (χ3v) is 2.50. The molecule has 0 aliphatic heterocycles. The van der Waals surface area contributed by atoms with Gasteiger partial charge in [0.2, 0.25) is 0 Å². The van der Waals surface area contributed by atoms with Crippen LogP contribution in [0.5, 0.6) is 0 Å². The summed E-state index contributed by atoms with van der Waals surface area (Å²) < 4.78 is 1.94. The van der Waals surface area contributed by atoms with Crippen LogP contribution in [0.3, 0.4) is 0 Å². The van der Waals surface area contributed by atoms with Gasteiger partial charge in [-0.1, -0.05) is 51.0 Å². The Morgan fingerprint density at radius 3 is 2.67 bits per heavy atom. The normalized spacial score (nSPS) is 12.4. The molecule has 1 rings (SSSR count).